The summed E-state index contributed by atoms with van der Waals surface area (Å²) >= 11 is 1.54. The Morgan fingerprint density at radius 2 is 1.75 bits per heavy atom. The lowest BCUT2D eigenvalue weighted by atomic mass is 10.2. The van der Waals surface area contributed by atoms with Crippen LogP contribution in [0.3, 0.4) is 0 Å². The van der Waals surface area contributed by atoms with E-state index in [1.165, 1.54) is 0 Å². The quantitative estimate of drug-likeness (QED) is 0.491. The third kappa shape index (κ3) is 6.15. The Kier molecular flexibility index (Phi) is 6.75. The molecule has 0 aliphatic rings. The van der Waals surface area contributed by atoms with Gasteiger partial charge in [-0.15, -0.1) is 11.3 Å². The van der Waals surface area contributed by atoms with Gasteiger partial charge in [0.25, 0.3) is 0 Å². The van der Waals surface area contributed by atoms with Gasteiger partial charge < -0.3 is 10.6 Å². The number of aromatic nitrogens is 1. The monoisotopic (exact) mass is 416 g/mol. The Balaban J connectivity index is 1.39. The average molecular weight is 417 g/mol. The highest BCUT2D eigenvalue weighted by Crippen LogP contribution is 2.23. The summed E-state index contributed by atoms with van der Waals surface area (Å²) in [6.07, 6.45) is 1.74. The first kappa shape index (κ1) is 20.0. The van der Waals surface area contributed by atoms with Gasteiger partial charge in [-0.05, 0) is 29.8 Å². The maximum Gasteiger partial charge on any atom is 0.319 e. The summed E-state index contributed by atoms with van der Waals surface area (Å²) in [5.74, 6) is -0.0918. The lowest BCUT2D eigenvalue weighted by Crippen LogP contribution is -2.37. The number of carbonyl (C=O) groups is 1. The SMILES string of the molecule is O=C(NCCNS(=O)(=O)Cc1ccccc1)Nc1ccc(-c2nccs2)cc1. The van der Waals surface area contributed by atoms with E-state index in [1.54, 1.807) is 53.9 Å². The Morgan fingerprint density at radius 3 is 2.43 bits per heavy atom. The van der Waals surface area contributed by atoms with E-state index in [0.717, 1.165) is 10.6 Å². The van der Waals surface area contributed by atoms with Crippen molar-refractivity contribution in [3.05, 3.63) is 71.7 Å². The van der Waals surface area contributed by atoms with Crippen LogP contribution >= 0.6 is 11.3 Å². The minimum absolute atomic E-state index is 0.0918. The molecule has 146 valence electrons. The van der Waals surface area contributed by atoms with Crippen molar-refractivity contribution >= 4 is 33.1 Å². The standard InChI is InChI=1S/C19H20N4O3S2/c24-19(23-17-8-6-16(7-9-17)18-20-12-13-27-18)21-10-11-22-28(25,26)14-15-4-2-1-3-5-15/h1-9,12-13,22H,10-11,14H2,(H2,21,23,24). The molecule has 1 heterocycles. The Morgan fingerprint density at radius 1 is 1.00 bits per heavy atom. The molecule has 0 radical (unpaired) electrons. The molecule has 3 N–H and O–H groups in total. The first-order valence-corrected chi connectivity index (χ1v) is 11.1. The molecule has 7 nitrogen and oxygen atoms in total. The Hall–Kier alpha value is -2.75. The summed E-state index contributed by atoms with van der Waals surface area (Å²) in [4.78, 5) is 16.2. The van der Waals surface area contributed by atoms with Crippen molar-refractivity contribution in [3.63, 3.8) is 0 Å². The fourth-order valence-corrected chi connectivity index (χ4v) is 4.26. The number of rotatable bonds is 8. The summed E-state index contributed by atoms with van der Waals surface area (Å²) in [5, 5.41) is 8.15. The molecule has 0 atom stereocenters. The lowest BCUT2D eigenvalue weighted by molar-refractivity contribution is 0.252. The van der Waals surface area contributed by atoms with Gasteiger partial charge in [0.05, 0.1) is 5.75 Å². The van der Waals surface area contributed by atoms with Gasteiger partial charge in [0, 0.05) is 35.9 Å². The largest absolute Gasteiger partial charge is 0.337 e. The third-order valence-electron chi connectivity index (χ3n) is 3.75. The number of sulfonamides is 1. The minimum Gasteiger partial charge on any atom is -0.337 e. The molecule has 0 bridgehead atoms. The zero-order chi connectivity index (χ0) is 19.8. The number of hydrogen-bond donors (Lipinski definition) is 3. The molecular formula is C19H20N4O3S2. The molecule has 0 aliphatic heterocycles. The van der Waals surface area contributed by atoms with Gasteiger partial charge in [0.15, 0.2) is 0 Å². The van der Waals surface area contributed by atoms with Crippen LogP contribution in [0.4, 0.5) is 10.5 Å². The first-order chi connectivity index (χ1) is 13.5. The van der Waals surface area contributed by atoms with E-state index in [1.807, 2.05) is 23.6 Å². The Labute approximate surface area is 167 Å². The highest BCUT2D eigenvalue weighted by molar-refractivity contribution is 7.88. The van der Waals surface area contributed by atoms with Gasteiger partial charge in [-0.1, -0.05) is 30.3 Å². The topological polar surface area (TPSA) is 100 Å². The number of thiazole rings is 1. The smallest absolute Gasteiger partial charge is 0.319 e. The molecule has 3 aromatic rings. The van der Waals surface area contributed by atoms with Crippen LogP contribution in [0.1, 0.15) is 5.56 Å². The van der Waals surface area contributed by atoms with Crippen LogP contribution in [0.15, 0.2) is 66.2 Å². The molecule has 2 aromatic carbocycles. The maximum absolute atomic E-state index is 12.0. The summed E-state index contributed by atoms with van der Waals surface area (Å²) < 4.78 is 26.5. The van der Waals surface area contributed by atoms with Crippen molar-refractivity contribution in [2.24, 2.45) is 0 Å². The second-order valence-electron chi connectivity index (χ2n) is 5.93. The number of amides is 2. The highest BCUT2D eigenvalue weighted by Gasteiger charge is 2.11. The summed E-state index contributed by atoms with van der Waals surface area (Å²) in [5.41, 5.74) is 2.33. The van der Waals surface area contributed by atoms with Crippen molar-refractivity contribution in [3.8, 4) is 10.6 Å². The summed E-state index contributed by atoms with van der Waals surface area (Å²) in [6, 6.07) is 15.9. The van der Waals surface area contributed by atoms with E-state index in [2.05, 4.69) is 20.3 Å². The van der Waals surface area contributed by atoms with Crippen molar-refractivity contribution < 1.29 is 13.2 Å². The molecule has 9 heteroatoms. The van der Waals surface area contributed by atoms with Crippen LogP contribution in [-0.2, 0) is 15.8 Å². The molecule has 0 spiro atoms. The number of hydrogen-bond acceptors (Lipinski definition) is 5. The summed E-state index contributed by atoms with van der Waals surface area (Å²) in [7, 11) is -3.44. The molecule has 0 saturated heterocycles. The fourth-order valence-electron chi connectivity index (χ4n) is 2.46. The predicted molar refractivity (Wildman–Crippen MR) is 112 cm³/mol. The normalized spacial score (nSPS) is 11.1. The average Bonchev–Trinajstić information content (AvgIpc) is 3.21. The van der Waals surface area contributed by atoms with Gasteiger partial charge in [-0.2, -0.15) is 0 Å². The number of urea groups is 1. The second-order valence-corrected chi connectivity index (χ2v) is 8.64. The van der Waals surface area contributed by atoms with Crippen molar-refractivity contribution in [1.82, 2.24) is 15.0 Å². The number of nitrogens with zero attached hydrogens (tertiary/aromatic N) is 1. The number of anilines is 1. The molecule has 0 aliphatic carbocycles. The van der Waals surface area contributed by atoms with Gasteiger partial charge in [-0.25, -0.2) is 22.9 Å². The van der Waals surface area contributed by atoms with Crippen LogP contribution in [0.2, 0.25) is 0 Å². The highest BCUT2D eigenvalue weighted by atomic mass is 32.2. The number of benzene rings is 2. The van der Waals surface area contributed by atoms with Gasteiger partial charge in [-0.3, -0.25) is 0 Å². The zero-order valence-electron chi connectivity index (χ0n) is 15.0. The number of nitrogens with one attached hydrogen (secondary N) is 3. The maximum atomic E-state index is 12.0. The van der Waals surface area contributed by atoms with E-state index in [0.29, 0.717) is 11.3 Å². The van der Waals surface area contributed by atoms with Crippen LogP contribution < -0.4 is 15.4 Å². The van der Waals surface area contributed by atoms with Crippen LogP contribution in [0.25, 0.3) is 10.6 Å². The molecule has 0 saturated carbocycles. The van der Waals surface area contributed by atoms with Crippen LogP contribution in [0, 0.1) is 0 Å². The van der Waals surface area contributed by atoms with E-state index >= 15 is 0 Å². The second kappa shape index (κ2) is 9.45. The molecule has 0 unspecified atom stereocenters. The number of carbonyl (C=O) groups excluding carboxylic acids is 1. The van der Waals surface area contributed by atoms with Gasteiger partial charge >= 0.3 is 6.03 Å². The third-order valence-corrected chi connectivity index (χ3v) is 5.93. The predicted octanol–water partition coefficient (Wildman–Crippen LogP) is 3.05. The van der Waals surface area contributed by atoms with Gasteiger partial charge in [0.1, 0.15) is 5.01 Å². The summed E-state index contributed by atoms with van der Waals surface area (Å²) in [6.45, 7) is 0.294. The van der Waals surface area contributed by atoms with E-state index in [-0.39, 0.29) is 18.8 Å². The molecule has 0 fully saturated rings. The first-order valence-electron chi connectivity index (χ1n) is 8.58. The Bertz CT molecular complexity index is 989. The molecular weight excluding hydrogens is 396 g/mol. The van der Waals surface area contributed by atoms with E-state index < -0.39 is 16.1 Å². The van der Waals surface area contributed by atoms with E-state index in [9.17, 15) is 13.2 Å². The van der Waals surface area contributed by atoms with Crippen molar-refractivity contribution in [2.75, 3.05) is 18.4 Å². The molecule has 3 rings (SSSR count). The molecule has 2 amide bonds. The van der Waals surface area contributed by atoms with E-state index in [4.69, 9.17) is 0 Å². The van der Waals surface area contributed by atoms with Crippen molar-refractivity contribution in [2.45, 2.75) is 5.75 Å². The molecule has 28 heavy (non-hydrogen) atoms. The molecule has 1 aromatic heterocycles. The van der Waals surface area contributed by atoms with Gasteiger partial charge in [0.2, 0.25) is 10.0 Å². The van der Waals surface area contributed by atoms with Crippen LogP contribution in [0.5, 0.6) is 0 Å². The van der Waals surface area contributed by atoms with Crippen molar-refractivity contribution in [1.29, 1.82) is 0 Å². The zero-order valence-corrected chi connectivity index (χ0v) is 16.6. The minimum atomic E-state index is -3.44. The van der Waals surface area contributed by atoms with Crippen LogP contribution in [-0.4, -0.2) is 32.5 Å². The fraction of sp³-hybridized carbons (Fsp3) is 0.158. The lowest BCUT2D eigenvalue weighted by Gasteiger charge is -2.09.